The van der Waals surface area contributed by atoms with Crippen LogP contribution >= 0.6 is 0 Å². The van der Waals surface area contributed by atoms with Crippen LogP contribution in [-0.2, 0) is 31.2 Å². The van der Waals surface area contributed by atoms with Gasteiger partial charge in [-0.1, -0.05) is 13.8 Å². The zero-order valence-electron chi connectivity index (χ0n) is 13.7. The Kier molecular flexibility index (Phi) is 4.38. The number of amides is 2. The molecular formula is C16H26N4O2. The third-order valence-electron chi connectivity index (χ3n) is 4.88. The molecule has 0 aliphatic carbocycles. The Balaban J connectivity index is 1.57. The van der Waals surface area contributed by atoms with Crippen LogP contribution in [0.3, 0.4) is 0 Å². The second-order valence-corrected chi connectivity index (χ2v) is 6.25. The fourth-order valence-corrected chi connectivity index (χ4v) is 3.77. The first kappa shape index (κ1) is 15.3. The highest BCUT2D eigenvalue weighted by molar-refractivity contribution is 5.74. The molecule has 1 aromatic heterocycles. The summed E-state index contributed by atoms with van der Waals surface area (Å²) in [4.78, 5) is 12.1. The fraction of sp³-hybridized carbons (Fsp3) is 0.750. The van der Waals surface area contributed by atoms with Gasteiger partial charge in [-0.2, -0.15) is 5.10 Å². The van der Waals surface area contributed by atoms with Crippen molar-refractivity contribution in [1.29, 1.82) is 0 Å². The summed E-state index contributed by atoms with van der Waals surface area (Å²) in [5, 5.41) is 10.6. The summed E-state index contributed by atoms with van der Waals surface area (Å²) in [5.41, 5.74) is 3.43. The summed E-state index contributed by atoms with van der Waals surface area (Å²) in [6, 6.07) is 0.0676. The molecule has 1 aromatic rings. The van der Waals surface area contributed by atoms with Gasteiger partial charge in [-0.25, -0.2) is 4.79 Å². The van der Waals surface area contributed by atoms with Crippen molar-refractivity contribution in [3.63, 3.8) is 0 Å². The van der Waals surface area contributed by atoms with E-state index in [1.165, 1.54) is 5.69 Å². The van der Waals surface area contributed by atoms with Crippen LogP contribution < -0.4 is 10.6 Å². The number of hydrogen-bond donors (Lipinski definition) is 2. The number of carbonyl (C=O) groups is 1. The first-order valence-corrected chi connectivity index (χ1v) is 8.35. The SMILES string of the molecule is CCc1nn(C)c(CC)c1CNC(=O)N[C@H]1C[C@H]2CC[C@H]1O2. The van der Waals surface area contributed by atoms with E-state index >= 15 is 0 Å². The topological polar surface area (TPSA) is 68.2 Å². The maximum atomic E-state index is 12.1. The first-order valence-electron chi connectivity index (χ1n) is 8.35. The predicted octanol–water partition coefficient (Wildman–Crippen LogP) is 1.66. The number of hydrogen-bond acceptors (Lipinski definition) is 3. The third-order valence-corrected chi connectivity index (χ3v) is 4.88. The average molecular weight is 306 g/mol. The number of aromatic nitrogens is 2. The zero-order valence-corrected chi connectivity index (χ0v) is 13.7. The lowest BCUT2D eigenvalue weighted by atomic mass is 9.96. The normalized spacial score (nSPS) is 26.4. The van der Waals surface area contributed by atoms with E-state index in [-0.39, 0.29) is 18.2 Å². The molecule has 2 aliphatic heterocycles. The largest absolute Gasteiger partial charge is 0.373 e. The number of aryl methyl sites for hydroxylation is 2. The summed E-state index contributed by atoms with van der Waals surface area (Å²) in [6.07, 6.45) is 5.52. The molecule has 3 heterocycles. The number of nitrogens with one attached hydrogen (secondary N) is 2. The first-order chi connectivity index (χ1) is 10.6. The van der Waals surface area contributed by atoms with Crippen molar-refractivity contribution in [3.05, 3.63) is 17.0 Å². The molecule has 0 spiro atoms. The molecule has 0 aromatic carbocycles. The lowest BCUT2D eigenvalue weighted by Gasteiger charge is -2.20. The molecule has 22 heavy (non-hydrogen) atoms. The predicted molar refractivity (Wildman–Crippen MR) is 83.6 cm³/mol. The summed E-state index contributed by atoms with van der Waals surface area (Å²) in [5.74, 6) is 0. The van der Waals surface area contributed by atoms with E-state index in [1.807, 2.05) is 11.7 Å². The third kappa shape index (κ3) is 2.84. The molecule has 6 nitrogen and oxygen atoms in total. The maximum absolute atomic E-state index is 12.1. The van der Waals surface area contributed by atoms with Crippen LogP contribution in [0.4, 0.5) is 4.79 Å². The van der Waals surface area contributed by atoms with Gasteiger partial charge in [-0.05, 0) is 32.1 Å². The standard InChI is InChI=1S/C16H26N4O2/c1-4-12-11(14(5-2)20(3)19-12)9-17-16(21)18-13-8-10-6-7-15(13)22-10/h10,13,15H,4-9H2,1-3H3,(H2,17,18,21)/t10-,13+,15-/m1/s1. The van der Waals surface area contributed by atoms with Crippen LogP contribution in [0.25, 0.3) is 0 Å². The number of nitrogens with zero attached hydrogens (tertiary/aromatic N) is 2. The smallest absolute Gasteiger partial charge is 0.315 e. The van der Waals surface area contributed by atoms with Gasteiger partial charge in [0.2, 0.25) is 0 Å². The number of rotatable bonds is 5. The van der Waals surface area contributed by atoms with Crippen molar-refractivity contribution in [1.82, 2.24) is 20.4 Å². The van der Waals surface area contributed by atoms with Crippen LogP contribution in [-0.4, -0.2) is 34.1 Å². The van der Waals surface area contributed by atoms with Crippen molar-refractivity contribution in [3.8, 4) is 0 Å². The van der Waals surface area contributed by atoms with Gasteiger partial charge < -0.3 is 15.4 Å². The molecule has 0 radical (unpaired) electrons. The van der Waals surface area contributed by atoms with E-state index in [4.69, 9.17) is 4.74 Å². The van der Waals surface area contributed by atoms with Crippen LogP contribution in [0.15, 0.2) is 0 Å². The van der Waals surface area contributed by atoms with E-state index < -0.39 is 0 Å². The summed E-state index contributed by atoms with van der Waals surface area (Å²) in [6.45, 7) is 4.75. The van der Waals surface area contributed by atoms with E-state index in [9.17, 15) is 4.79 Å². The zero-order chi connectivity index (χ0) is 15.7. The molecule has 6 heteroatoms. The van der Waals surface area contributed by atoms with Gasteiger partial charge in [-0.3, -0.25) is 4.68 Å². The van der Waals surface area contributed by atoms with Gasteiger partial charge in [0.05, 0.1) is 23.9 Å². The molecule has 2 fully saturated rings. The number of carbonyl (C=O) groups excluding carboxylic acids is 1. The minimum absolute atomic E-state index is 0.103. The maximum Gasteiger partial charge on any atom is 0.315 e. The van der Waals surface area contributed by atoms with Crippen LogP contribution in [0.1, 0.15) is 50.1 Å². The summed E-state index contributed by atoms with van der Waals surface area (Å²) < 4.78 is 7.70. The van der Waals surface area contributed by atoms with Crippen LogP contribution in [0, 0.1) is 0 Å². The molecule has 2 aliphatic rings. The van der Waals surface area contributed by atoms with Crippen molar-refractivity contribution in [2.75, 3.05) is 0 Å². The van der Waals surface area contributed by atoms with Gasteiger partial charge in [0.25, 0.3) is 0 Å². The van der Waals surface area contributed by atoms with Crippen molar-refractivity contribution >= 4 is 6.03 Å². The summed E-state index contributed by atoms with van der Waals surface area (Å²) in [7, 11) is 1.97. The Bertz CT molecular complexity index is 555. The van der Waals surface area contributed by atoms with E-state index in [0.717, 1.165) is 43.4 Å². The Labute approximate surface area is 131 Å². The molecule has 2 bridgehead atoms. The fourth-order valence-electron chi connectivity index (χ4n) is 3.77. The summed E-state index contributed by atoms with van der Waals surface area (Å²) >= 11 is 0. The average Bonchev–Trinajstić information content (AvgIpc) is 3.18. The van der Waals surface area contributed by atoms with Gasteiger partial charge in [0.1, 0.15) is 0 Å². The molecule has 3 atom stereocenters. The van der Waals surface area contributed by atoms with Gasteiger partial charge in [-0.15, -0.1) is 0 Å². The van der Waals surface area contributed by atoms with Gasteiger partial charge >= 0.3 is 6.03 Å². The highest BCUT2D eigenvalue weighted by Gasteiger charge is 2.41. The molecule has 2 saturated heterocycles. The molecule has 2 amide bonds. The Morgan fingerprint density at radius 1 is 1.36 bits per heavy atom. The molecular weight excluding hydrogens is 280 g/mol. The minimum Gasteiger partial charge on any atom is -0.373 e. The molecule has 2 N–H and O–H groups in total. The lowest BCUT2D eigenvalue weighted by Crippen LogP contribution is -2.46. The van der Waals surface area contributed by atoms with Gasteiger partial charge in [0.15, 0.2) is 0 Å². The number of fused-ring (bicyclic) bond motifs is 2. The van der Waals surface area contributed by atoms with Crippen molar-refractivity contribution in [2.24, 2.45) is 7.05 Å². The van der Waals surface area contributed by atoms with E-state index in [2.05, 4.69) is 29.6 Å². The van der Waals surface area contributed by atoms with Crippen LogP contribution in [0.5, 0.6) is 0 Å². The van der Waals surface area contributed by atoms with Crippen molar-refractivity contribution in [2.45, 2.75) is 70.7 Å². The van der Waals surface area contributed by atoms with Crippen molar-refractivity contribution < 1.29 is 9.53 Å². The van der Waals surface area contributed by atoms with Gasteiger partial charge in [0, 0.05) is 24.8 Å². The molecule has 0 saturated carbocycles. The quantitative estimate of drug-likeness (QED) is 0.869. The monoisotopic (exact) mass is 306 g/mol. The number of urea groups is 1. The van der Waals surface area contributed by atoms with Crippen LogP contribution in [0.2, 0.25) is 0 Å². The number of ether oxygens (including phenoxy) is 1. The second kappa shape index (κ2) is 6.28. The van der Waals surface area contributed by atoms with E-state index in [0.29, 0.717) is 12.6 Å². The highest BCUT2D eigenvalue weighted by Crippen LogP contribution is 2.34. The Morgan fingerprint density at radius 2 is 2.18 bits per heavy atom. The van der Waals surface area contributed by atoms with E-state index in [1.54, 1.807) is 0 Å². The Hall–Kier alpha value is -1.56. The minimum atomic E-state index is -0.103. The Morgan fingerprint density at radius 3 is 2.77 bits per heavy atom. The molecule has 122 valence electrons. The lowest BCUT2D eigenvalue weighted by molar-refractivity contribution is 0.0981. The highest BCUT2D eigenvalue weighted by atomic mass is 16.5. The second-order valence-electron chi connectivity index (χ2n) is 6.25. The molecule has 0 unspecified atom stereocenters. The molecule has 3 rings (SSSR count).